The second-order valence-corrected chi connectivity index (χ2v) is 8.70. The van der Waals surface area contributed by atoms with E-state index in [2.05, 4.69) is 34.6 Å². The SMILES string of the molecule is Cc1c(C)c2c(c(C)c1OCC1(C3CCCO3)CC1)CC(C)(C)O2. The van der Waals surface area contributed by atoms with Crippen molar-refractivity contribution in [3.63, 3.8) is 0 Å². The minimum Gasteiger partial charge on any atom is -0.492 e. The van der Waals surface area contributed by atoms with Gasteiger partial charge in [0.15, 0.2) is 0 Å². The molecule has 0 spiro atoms. The van der Waals surface area contributed by atoms with Crippen LogP contribution in [0.3, 0.4) is 0 Å². The Morgan fingerprint density at radius 3 is 2.46 bits per heavy atom. The Bertz CT molecular complexity index is 664. The molecule has 0 N–H and O–H groups in total. The van der Waals surface area contributed by atoms with Crippen LogP contribution in [-0.2, 0) is 11.2 Å². The lowest BCUT2D eigenvalue weighted by atomic mass is 9.93. The van der Waals surface area contributed by atoms with Crippen molar-refractivity contribution in [3.8, 4) is 11.5 Å². The summed E-state index contributed by atoms with van der Waals surface area (Å²) in [7, 11) is 0. The van der Waals surface area contributed by atoms with Gasteiger partial charge in [-0.1, -0.05) is 0 Å². The van der Waals surface area contributed by atoms with Gasteiger partial charge in [0, 0.05) is 24.0 Å². The first-order valence-electron chi connectivity index (χ1n) is 9.39. The van der Waals surface area contributed by atoms with Crippen LogP contribution in [-0.4, -0.2) is 24.9 Å². The van der Waals surface area contributed by atoms with Gasteiger partial charge >= 0.3 is 0 Å². The second-order valence-electron chi connectivity index (χ2n) is 8.70. The molecular formula is C21H30O3. The van der Waals surface area contributed by atoms with Crippen LogP contribution in [0.4, 0.5) is 0 Å². The van der Waals surface area contributed by atoms with Gasteiger partial charge in [0.2, 0.25) is 0 Å². The molecule has 1 aromatic carbocycles. The minimum absolute atomic E-state index is 0.113. The molecular weight excluding hydrogens is 300 g/mol. The number of rotatable bonds is 4. The first kappa shape index (κ1) is 16.3. The third-order valence-electron chi connectivity index (χ3n) is 6.30. The zero-order valence-electron chi connectivity index (χ0n) is 15.8. The zero-order valence-corrected chi connectivity index (χ0v) is 15.8. The lowest BCUT2D eigenvalue weighted by Crippen LogP contribution is -2.28. The molecule has 3 heteroatoms. The summed E-state index contributed by atoms with van der Waals surface area (Å²) < 4.78 is 18.6. The van der Waals surface area contributed by atoms with E-state index >= 15 is 0 Å². The van der Waals surface area contributed by atoms with Gasteiger partial charge in [-0.05, 0) is 77.0 Å². The Morgan fingerprint density at radius 1 is 1.08 bits per heavy atom. The monoisotopic (exact) mass is 330 g/mol. The van der Waals surface area contributed by atoms with E-state index < -0.39 is 0 Å². The molecule has 0 aromatic heterocycles. The van der Waals surface area contributed by atoms with Crippen molar-refractivity contribution >= 4 is 0 Å². The number of fused-ring (bicyclic) bond motifs is 1. The molecule has 1 aromatic rings. The molecule has 0 amide bonds. The molecule has 0 bridgehead atoms. The van der Waals surface area contributed by atoms with Crippen LogP contribution >= 0.6 is 0 Å². The van der Waals surface area contributed by atoms with Gasteiger partial charge in [0.1, 0.15) is 17.1 Å². The summed E-state index contributed by atoms with van der Waals surface area (Å²) in [5.41, 5.74) is 5.23. The van der Waals surface area contributed by atoms with Crippen LogP contribution in [0.15, 0.2) is 0 Å². The van der Waals surface area contributed by atoms with Gasteiger partial charge in [-0.2, -0.15) is 0 Å². The van der Waals surface area contributed by atoms with E-state index in [1.807, 2.05) is 0 Å². The summed E-state index contributed by atoms with van der Waals surface area (Å²) in [5, 5.41) is 0. The normalized spacial score (nSPS) is 26.1. The molecule has 1 saturated heterocycles. The van der Waals surface area contributed by atoms with Crippen molar-refractivity contribution < 1.29 is 14.2 Å². The molecule has 1 atom stereocenters. The third kappa shape index (κ3) is 2.52. The predicted molar refractivity (Wildman–Crippen MR) is 95.2 cm³/mol. The Hall–Kier alpha value is -1.22. The van der Waals surface area contributed by atoms with E-state index in [0.717, 1.165) is 31.1 Å². The van der Waals surface area contributed by atoms with Gasteiger partial charge in [0.25, 0.3) is 0 Å². The van der Waals surface area contributed by atoms with Crippen molar-refractivity contribution in [1.82, 2.24) is 0 Å². The number of hydrogen-bond acceptors (Lipinski definition) is 3. The molecule has 2 fully saturated rings. The summed E-state index contributed by atoms with van der Waals surface area (Å²) in [4.78, 5) is 0. The van der Waals surface area contributed by atoms with Gasteiger partial charge in [-0.3, -0.25) is 0 Å². The maximum absolute atomic E-state index is 6.45. The van der Waals surface area contributed by atoms with Crippen LogP contribution in [0.2, 0.25) is 0 Å². The molecule has 3 nitrogen and oxygen atoms in total. The first-order valence-corrected chi connectivity index (χ1v) is 9.39. The lowest BCUT2D eigenvalue weighted by molar-refractivity contribution is 0.0282. The van der Waals surface area contributed by atoms with E-state index in [9.17, 15) is 0 Å². The highest BCUT2D eigenvalue weighted by Gasteiger charge is 2.52. The molecule has 1 unspecified atom stereocenters. The first-order chi connectivity index (χ1) is 11.3. The maximum Gasteiger partial charge on any atom is 0.127 e. The molecule has 4 rings (SSSR count). The van der Waals surface area contributed by atoms with E-state index in [0.29, 0.717) is 6.10 Å². The smallest absolute Gasteiger partial charge is 0.127 e. The molecule has 1 saturated carbocycles. The predicted octanol–water partition coefficient (Wildman–Crippen LogP) is 4.66. The fourth-order valence-electron chi connectivity index (χ4n) is 4.46. The second kappa shape index (κ2) is 5.39. The Labute approximate surface area is 145 Å². The lowest BCUT2D eigenvalue weighted by Gasteiger charge is -2.25. The fourth-order valence-corrected chi connectivity index (χ4v) is 4.46. The van der Waals surface area contributed by atoms with Crippen LogP contribution in [0.5, 0.6) is 11.5 Å². The number of benzene rings is 1. The quantitative estimate of drug-likeness (QED) is 0.803. The van der Waals surface area contributed by atoms with Gasteiger partial charge < -0.3 is 14.2 Å². The Balaban J connectivity index is 1.59. The molecule has 132 valence electrons. The topological polar surface area (TPSA) is 27.7 Å². The van der Waals surface area contributed by atoms with E-state index in [1.54, 1.807) is 0 Å². The fraction of sp³-hybridized carbons (Fsp3) is 0.714. The molecule has 2 heterocycles. The summed E-state index contributed by atoms with van der Waals surface area (Å²) >= 11 is 0. The Kier molecular flexibility index (Phi) is 3.65. The van der Waals surface area contributed by atoms with E-state index in [4.69, 9.17) is 14.2 Å². The van der Waals surface area contributed by atoms with Crippen molar-refractivity contribution in [1.29, 1.82) is 0 Å². The molecule has 3 aliphatic rings. The average Bonchev–Trinajstić information content (AvgIpc) is 2.96. The summed E-state index contributed by atoms with van der Waals surface area (Å²) in [6.07, 6.45) is 6.27. The molecule has 0 radical (unpaired) electrons. The third-order valence-corrected chi connectivity index (χ3v) is 6.30. The van der Waals surface area contributed by atoms with Gasteiger partial charge in [-0.25, -0.2) is 0 Å². The van der Waals surface area contributed by atoms with Crippen molar-refractivity contribution in [2.24, 2.45) is 5.41 Å². The molecule has 1 aliphatic carbocycles. The highest BCUT2D eigenvalue weighted by molar-refractivity contribution is 5.60. The van der Waals surface area contributed by atoms with Crippen molar-refractivity contribution in [2.45, 2.75) is 78.4 Å². The summed E-state index contributed by atoms with van der Waals surface area (Å²) in [5.74, 6) is 2.17. The van der Waals surface area contributed by atoms with Gasteiger partial charge in [0.05, 0.1) is 12.7 Å². The van der Waals surface area contributed by atoms with Crippen LogP contribution < -0.4 is 9.47 Å². The van der Waals surface area contributed by atoms with Crippen LogP contribution in [0.1, 0.15) is 61.8 Å². The molecule has 2 aliphatic heterocycles. The van der Waals surface area contributed by atoms with E-state index in [1.165, 1.54) is 47.9 Å². The average molecular weight is 330 g/mol. The van der Waals surface area contributed by atoms with Crippen molar-refractivity contribution in [2.75, 3.05) is 13.2 Å². The minimum atomic E-state index is -0.113. The van der Waals surface area contributed by atoms with Crippen molar-refractivity contribution in [3.05, 3.63) is 22.3 Å². The number of hydrogen-bond donors (Lipinski definition) is 0. The van der Waals surface area contributed by atoms with E-state index in [-0.39, 0.29) is 11.0 Å². The zero-order chi connectivity index (χ0) is 17.1. The Morgan fingerprint density at radius 2 is 1.83 bits per heavy atom. The summed E-state index contributed by atoms with van der Waals surface area (Å²) in [6, 6.07) is 0. The van der Waals surface area contributed by atoms with Gasteiger partial charge in [-0.15, -0.1) is 0 Å². The number of ether oxygens (including phenoxy) is 3. The van der Waals surface area contributed by atoms with Crippen LogP contribution in [0.25, 0.3) is 0 Å². The standard InChI is InChI=1S/C21H30O3/c1-13-14(2)19-16(11-20(4,5)24-19)15(3)18(13)23-12-21(8-9-21)17-7-6-10-22-17/h17H,6-12H2,1-5H3. The maximum atomic E-state index is 6.45. The molecule has 24 heavy (non-hydrogen) atoms. The highest BCUT2D eigenvalue weighted by Crippen LogP contribution is 2.53. The highest BCUT2D eigenvalue weighted by atomic mass is 16.5. The van der Waals surface area contributed by atoms with Crippen LogP contribution in [0, 0.1) is 26.2 Å². The largest absolute Gasteiger partial charge is 0.492 e. The summed E-state index contributed by atoms with van der Waals surface area (Å²) in [6.45, 7) is 12.6.